The highest BCUT2D eigenvalue weighted by Crippen LogP contribution is 2.30. The third kappa shape index (κ3) is 3.55. The van der Waals surface area contributed by atoms with Crippen molar-refractivity contribution in [2.24, 2.45) is 11.8 Å². The van der Waals surface area contributed by atoms with Crippen molar-refractivity contribution in [3.8, 4) is 0 Å². The van der Waals surface area contributed by atoms with Crippen molar-refractivity contribution in [3.63, 3.8) is 0 Å². The highest BCUT2D eigenvalue weighted by Gasteiger charge is 2.25. The smallest absolute Gasteiger partial charge is 0.308 e. The predicted octanol–water partition coefficient (Wildman–Crippen LogP) is 2.80. The van der Waals surface area contributed by atoms with Crippen LogP contribution in [-0.2, 0) is 9.53 Å². The Labute approximate surface area is 86.4 Å². The van der Waals surface area contributed by atoms with Crippen LogP contribution in [0.25, 0.3) is 0 Å². The minimum atomic E-state index is -0.00967. The second kappa shape index (κ2) is 6.25. The van der Waals surface area contributed by atoms with Crippen molar-refractivity contribution in [2.45, 2.75) is 39.0 Å². The SMILES string of the molecule is CCC1CCC(C(=O)OC)CC1.Cl. The second-order valence-electron chi connectivity index (χ2n) is 3.65. The first-order valence-corrected chi connectivity index (χ1v) is 4.85. The van der Waals surface area contributed by atoms with E-state index in [0.717, 1.165) is 18.8 Å². The van der Waals surface area contributed by atoms with Gasteiger partial charge in [0.1, 0.15) is 0 Å². The molecule has 0 spiro atoms. The predicted molar refractivity (Wildman–Crippen MR) is 55.0 cm³/mol. The van der Waals surface area contributed by atoms with Gasteiger partial charge in [-0.3, -0.25) is 4.79 Å². The summed E-state index contributed by atoms with van der Waals surface area (Å²) in [6.07, 6.45) is 5.73. The number of carbonyl (C=O) groups excluding carboxylic acids is 1. The molecule has 0 aromatic carbocycles. The molecule has 2 nitrogen and oxygen atoms in total. The van der Waals surface area contributed by atoms with Gasteiger partial charge < -0.3 is 4.74 Å². The Morgan fingerprint density at radius 3 is 2.23 bits per heavy atom. The van der Waals surface area contributed by atoms with Gasteiger partial charge in [0.15, 0.2) is 0 Å². The van der Waals surface area contributed by atoms with Crippen molar-refractivity contribution in [1.82, 2.24) is 0 Å². The normalized spacial score (nSPS) is 27.5. The Bertz CT molecular complexity index is 151. The molecule has 1 rings (SSSR count). The molecule has 0 aromatic heterocycles. The van der Waals surface area contributed by atoms with E-state index in [1.165, 1.54) is 26.4 Å². The maximum atomic E-state index is 11.1. The van der Waals surface area contributed by atoms with E-state index in [-0.39, 0.29) is 24.3 Å². The molecule has 0 bridgehead atoms. The molecule has 0 saturated heterocycles. The lowest BCUT2D eigenvalue weighted by molar-refractivity contribution is -0.146. The Kier molecular flexibility index (Phi) is 6.13. The van der Waals surface area contributed by atoms with E-state index in [1.807, 2.05) is 0 Å². The fraction of sp³-hybridized carbons (Fsp3) is 0.900. The van der Waals surface area contributed by atoms with Crippen LogP contribution in [0.5, 0.6) is 0 Å². The molecule has 78 valence electrons. The summed E-state index contributed by atoms with van der Waals surface area (Å²) in [6.45, 7) is 2.23. The molecule has 3 heteroatoms. The maximum Gasteiger partial charge on any atom is 0.308 e. The molecule has 1 aliphatic rings. The molecule has 13 heavy (non-hydrogen) atoms. The summed E-state index contributed by atoms with van der Waals surface area (Å²) in [6, 6.07) is 0. The first-order valence-electron chi connectivity index (χ1n) is 4.85. The zero-order valence-electron chi connectivity index (χ0n) is 8.41. The molecule has 1 aliphatic carbocycles. The third-order valence-electron chi connectivity index (χ3n) is 2.96. The van der Waals surface area contributed by atoms with E-state index in [4.69, 9.17) is 4.74 Å². The number of halogens is 1. The van der Waals surface area contributed by atoms with E-state index < -0.39 is 0 Å². The summed E-state index contributed by atoms with van der Waals surface area (Å²) in [4.78, 5) is 11.1. The Morgan fingerprint density at radius 1 is 1.31 bits per heavy atom. The molecular formula is C10H19ClO2. The van der Waals surface area contributed by atoms with Crippen LogP contribution in [0.4, 0.5) is 0 Å². The fourth-order valence-electron chi connectivity index (χ4n) is 1.97. The quantitative estimate of drug-likeness (QED) is 0.650. The van der Waals surface area contributed by atoms with Crippen LogP contribution in [0.15, 0.2) is 0 Å². The van der Waals surface area contributed by atoms with E-state index in [9.17, 15) is 4.79 Å². The highest BCUT2D eigenvalue weighted by atomic mass is 35.5. The molecule has 1 fully saturated rings. The topological polar surface area (TPSA) is 26.3 Å². The number of ether oxygens (including phenoxy) is 1. The van der Waals surface area contributed by atoms with Gasteiger partial charge in [0, 0.05) is 0 Å². The average molecular weight is 207 g/mol. The zero-order valence-corrected chi connectivity index (χ0v) is 9.23. The third-order valence-corrected chi connectivity index (χ3v) is 2.96. The molecule has 0 N–H and O–H groups in total. The van der Waals surface area contributed by atoms with Crippen molar-refractivity contribution in [2.75, 3.05) is 7.11 Å². The van der Waals surface area contributed by atoms with Gasteiger partial charge in [-0.2, -0.15) is 0 Å². The van der Waals surface area contributed by atoms with Gasteiger partial charge in [-0.25, -0.2) is 0 Å². The van der Waals surface area contributed by atoms with E-state index in [0.29, 0.717) is 0 Å². The minimum absolute atomic E-state index is 0. The number of carbonyl (C=O) groups is 1. The summed E-state index contributed by atoms with van der Waals surface area (Å²) < 4.78 is 4.72. The van der Waals surface area contributed by atoms with Crippen LogP contribution in [-0.4, -0.2) is 13.1 Å². The Balaban J connectivity index is 0.00000144. The Morgan fingerprint density at radius 2 is 1.85 bits per heavy atom. The Hall–Kier alpha value is -0.240. The summed E-state index contributed by atoms with van der Waals surface area (Å²) in [5.41, 5.74) is 0. The molecular weight excluding hydrogens is 188 g/mol. The van der Waals surface area contributed by atoms with Gasteiger partial charge in [-0.1, -0.05) is 13.3 Å². The summed E-state index contributed by atoms with van der Waals surface area (Å²) in [5, 5.41) is 0. The molecule has 0 aliphatic heterocycles. The number of methoxy groups -OCH3 is 1. The van der Waals surface area contributed by atoms with Crippen molar-refractivity contribution in [1.29, 1.82) is 0 Å². The summed E-state index contributed by atoms with van der Waals surface area (Å²) in [7, 11) is 1.48. The van der Waals surface area contributed by atoms with E-state index in [1.54, 1.807) is 0 Å². The monoisotopic (exact) mass is 206 g/mol. The van der Waals surface area contributed by atoms with Crippen LogP contribution >= 0.6 is 12.4 Å². The molecule has 0 amide bonds. The van der Waals surface area contributed by atoms with Crippen LogP contribution in [0, 0.1) is 11.8 Å². The first-order chi connectivity index (χ1) is 5.77. The van der Waals surface area contributed by atoms with Crippen molar-refractivity contribution < 1.29 is 9.53 Å². The number of esters is 1. The summed E-state index contributed by atoms with van der Waals surface area (Å²) in [5.74, 6) is 1.04. The van der Waals surface area contributed by atoms with Gasteiger partial charge in [-0.05, 0) is 31.6 Å². The van der Waals surface area contributed by atoms with Crippen LogP contribution in [0.3, 0.4) is 0 Å². The average Bonchev–Trinajstić information content (AvgIpc) is 2.17. The van der Waals surface area contributed by atoms with Gasteiger partial charge >= 0.3 is 5.97 Å². The number of hydrogen-bond acceptors (Lipinski definition) is 2. The summed E-state index contributed by atoms with van der Waals surface area (Å²) >= 11 is 0. The van der Waals surface area contributed by atoms with Gasteiger partial charge in [-0.15, -0.1) is 12.4 Å². The first kappa shape index (κ1) is 12.8. The highest BCUT2D eigenvalue weighted by molar-refractivity contribution is 5.85. The zero-order chi connectivity index (χ0) is 8.97. The van der Waals surface area contributed by atoms with Crippen molar-refractivity contribution in [3.05, 3.63) is 0 Å². The molecule has 1 saturated carbocycles. The van der Waals surface area contributed by atoms with E-state index in [2.05, 4.69) is 6.92 Å². The van der Waals surface area contributed by atoms with Gasteiger partial charge in [0.05, 0.1) is 13.0 Å². The number of hydrogen-bond donors (Lipinski definition) is 0. The molecule has 0 heterocycles. The largest absolute Gasteiger partial charge is 0.469 e. The van der Waals surface area contributed by atoms with Crippen LogP contribution in [0.1, 0.15) is 39.0 Å². The van der Waals surface area contributed by atoms with Gasteiger partial charge in [0.2, 0.25) is 0 Å². The van der Waals surface area contributed by atoms with Crippen molar-refractivity contribution >= 4 is 18.4 Å². The minimum Gasteiger partial charge on any atom is -0.469 e. The second-order valence-corrected chi connectivity index (χ2v) is 3.65. The molecule has 0 atom stereocenters. The fourth-order valence-corrected chi connectivity index (χ4v) is 1.97. The van der Waals surface area contributed by atoms with Gasteiger partial charge in [0.25, 0.3) is 0 Å². The lowest BCUT2D eigenvalue weighted by Gasteiger charge is -2.25. The molecule has 0 aromatic rings. The lowest BCUT2D eigenvalue weighted by Crippen LogP contribution is -2.22. The molecule has 0 radical (unpaired) electrons. The van der Waals surface area contributed by atoms with Crippen LogP contribution < -0.4 is 0 Å². The van der Waals surface area contributed by atoms with Crippen LogP contribution in [0.2, 0.25) is 0 Å². The standard InChI is InChI=1S/C10H18O2.ClH/c1-3-8-4-6-9(7-5-8)10(11)12-2;/h8-9H,3-7H2,1-2H3;1H. The lowest BCUT2D eigenvalue weighted by atomic mass is 9.81. The maximum absolute atomic E-state index is 11.1. The number of rotatable bonds is 2. The molecule has 0 unspecified atom stereocenters. The van der Waals surface area contributed by atoms with E-state index >= 15 is 0 Å².